The van der Waals surface area contributed by atoms with E-state index in [0.717, 1.165) is 36.0 Å². The first kappa shape index (κ1) is 16.2. The van der Waals surface area contributed by atoms with Crippen LogP contribution >= 0.6 is 15.9 Å². The van der Waals surface area contributed by atoms with Gasteiger partial charge in [-0.15, -0.1) is 0 Å². The normalized spacial score (nSPS) is 12.6. The van der Waals surface area contributed by atoms with E-state index in [-0.39, 0.29) is 6.04 Å². The molecule has 0 aliphatic rings. The molecule has 0 spiro atoms. The molecule has 2 rings (SSSR count). The summed E-state index contributed by atoms with van der Waals surface area (Å²) in [7, 11) is 0. The van der Waals surface area contributed by atoms with Crippen LogP contribution in [0, 0.1) is 0 Å². The van der Waals surface area contributed by atoms with Gasteiger partial charge in [0.15, 0.2) is 0 Å². The molecule has 21 heavy (non-hydrogen) atoms. The number of hydrazine groups is 1. The highest BCUT2D eigenvalue weighted by Crippen LogP contribution is 2.14. The Kier molecular flexibility index (Phi) is 5.96. The Balaban J connectivity index is 2.08. The van der Waals surface area contributed by atoms with Gasteiger partial charge in [-0.25, -0.2) is 0 Å². The third-order valence-electron chi connectivity index (χ3n) is 3.66. The molecule has 5 heteroatoms. The quantitative estimate of drug-likeness (QED) is 0.596. The first-order valence-electron chi connectivity index (χ1n) is 7.42. The molecule has 1 atom stereocenters. The minimum Gasteiger partial charge on any atom is -0.271 e. The average molecular weight is 351 g/mol. The highest BCUT2D eigenvalue weighted by molar-refractivity contribution is 9.10. The SMILES string of the molecule is CCc1cc(CC(Cc2ccc(Br)cc2)NN)n(CC)n1. The predicted octanol–water partition coefficient (Wildman–Crippen LogP) is 2.85. The molecule has 114 valence electrons. The molecule has 0 bridgehead atoms. The van der Waals surface area contributed by atoms with Gasteiger partial charge in [-0.3, -0.25) is 16.0 Å². The van der Waals surface area contributed by atoms with Crippen LogP contribution in [-0.2, 0) is 25.8 Å². The highest BCUT2D eigenvalue weighted by Gasteiger charge is 2.13. The molecule has 0 amide bonds. The van der Waals surface area contributed by atoms with Crippen molar-refractivity contribution in [2.45, 2.75) is 45.7 Å². The van der Waals surface area contributed by atoms with Gasteiger partial charge in [-0.05, 0) is 43.5 Å². The Morgan fingerprint density at radius 3 is 2.52 bits per heavy atom. The van der Waals surface area contributed by atoms with Crippen molar-refractivity contribution in [1.29, 1.82) is 0 Å². The molecule has 2 aromatic rings. The van der Waals surface area contributed by atoms with Gasteiger partial charge < -0.3 is 0 Å². The van der Waals surface area contributed by atoms with Crippen molar-refractivity contribution >= 4 is 15.9 Å². The van der Waals surface area contributed by atoms with Crippen LogP contribution in [0.15, 0.2) is 34.8 Å². The zero-order valence-corrected chi connectivity index (χ0v) is 14.2. The summed E-state index contributed by atoms with van der Waals surface area (Å²) in [5.41, 5.74) is 6.61. The van der Waals surface area contributed by atoms with Crippen LogP contribution in [0.3, 0.4) is 0 Å². The van der Waals surface area contributed by atoms with E-state index in [2.05, 4.69) is 75.3 Å². The zero-order chi connectivity index (χ0) is 15.2. The lowest BCUT2D eigenvalue weighted by Crippen LogP contribution is -2.39. The van der Waals surface area contributed by atoms with E-state index in [4.69, 9.17) is 5.84 Å². The summed E-state index contributed by atoms with van der Waals surface area (Å²) in [5.74, 6) is 5.74. The van der Waals surface area contributed by atoms with Gasteiger partial charge in [-0.2, -0.15) is 5.10 Å². The molecule has 1 aromatic carbocycles. The Morgan fingerprint density at radius 2 is 1.95 bits per heavy atom. The van der Waals surface area contributed by atoms with Crippen LogP contribution in [0.1, 0.15) is 30.8 Å². The number of hydrogen-bond donors (Lipinski definition) is 2. The van der Waals surface area contributed by atoms with Crippen molar-refractivity contribution in [1.82, 2.24) is 15.2 Å². The van der Waals surface area contributed by atoms with Crippen molar-refractivity contribution < 1.29 is 0 Å². The molecule has 0 radical (unpaired) electrons. The molecule has 0 fully saturated rings. The van der Waals surface area contributed by atoms with E-state index < -0.39 is 0 Å². The summed E-state index contributed by atoms with van der Waals surface area (Å²) in [4.78, 5) is 0. The molecule has 3 N–H and O–H groups in total. The van der Waals surface area contributed by atoms with Gasteiger partial charge in [-0.1, -0.05) is 35.0 Å². The van der Waals surface area contributed by atoms with E-state index in [0.29, 0.717) is 0 Å². The van der Waals surface area contributed by atoms with E-state index >= 15 is 0 Å². The average Bonchev–Trinajstić information content (AvgIpc) is 2.91. The van der Waals surface area contributed by atoms with Gasteiger partial charge in [0.05, 0.1) is 5.69 Å². The molecular formula is C16H23BrN4. The van der Waals surface area contributed by atoms with Crippen LogP contribution in [0.4, 0.5) is 0 Å². The summed E-state index contributed by atoms with van der Waals surface area (Å²) < 4.78 is 3.17. The van der Waals surface area contributed by atoms with Crippen molar-refractivity contribution in [2.75, 3.05) is 0 Å². The topological polar surface area (TPSA) is 55.9 Å². The molecule has 1 unspecified atom stereocenters. The number of nitrogens with one attached hydrogen (secondary N) is 1. The first-order chi connectivity index (χ1) is 10.2. The molecule has 0 saturated carbocycles. The number of aromatic nitrogens is 2. The molecular weight excluding hydrogens is 328 g/mol. The molecule has 0 aliphatic heterocycles. The fraction of sp³-hybridized carbons (Fsp3) is 0.438. The lowest BCUT2D eigenvalue weighted by atomic mass is 10.0. The number of benzene rings is 1. The van der Waals surface area contributed by atoms with Crippen LogP contribution in [0.25, 0.3) is 0 Å². The van der Waals surface area contributed by atoms with E-state index in [1.165, 1.54) is 11.3 Å². The number of hydrogen-bond acceptors (Lipinski definition) is 3. The maximum atomic E-state index is 5.74. The summed E-state index contributed by atoms with van der Waals surface area (Å²) in [6.45, 7) is 5.15. The smallest absolute Gasteiger partial charge is 0.0624 e. The minimum absolute atomic E-state index is 0.206. The minimum atomic E-state index is 0.206. The maximum Gasteiger partial charge on any atom is 0.0624 e. The molecule has 1 aromatic heterocycles. The van der Waals surface area contributed by atoms with Crippen molar-refractivity contribution in [2.24, 2.45) is 5.84 Å². The summed E-state index contributed by atoms with van der Waals surface area (Å²) in [5, 5.41) is 4.60. The Labute approximate surface area is 134 Å². The van der Waals surface area contributed by atoms with Crippen LogP contribution in [-0.4, -0.2) is 15.8 Å². The van der Waals surface area contributed by atoms with E-state index in [9.17, 15) is 0 Å². The van der Waals surface area contributed by atoms with Gasteiger partial charge in [0.1, 0.15) is 0 Å². The second-order valence-corrected chi connectivity index (χ2v) is 6.11. The van der Waals surface area contributed by atoms with E-state index in [1.54, 1.807) is 0 Å². The number of halogens is 1. The fourth-order valence-corrected chi connectivity index (χ4v) is 2.74. The largest absolute Gasteiger partial charge is 0.271 e. The monoisotopic (exact) mass is 350 g/mol. The van der Waals surface area contributed by atoms with Crippen molar-refractivity contribution in [3.8, 4) is 0 Å². The Hall–Kier alpha value is -1.17. The van der Waals surface area contributed by atoms with Gasteiger partial charge in [0, 0.05) is 29.2 Å². The summed E-state index contributed by atoms with van der Waals surface area (Å²) in [6.07, 6.45) is 2.75. The number of rotatable bonds is 7. The summed E-state index contributed by atoms with van der Waals surface area (Å²) >= 11 is 3.46. The standard InChI is InChI=1S/C16H23BrN4/c1-3-14-10-16(21(4-2)20-14)11-15(19-18)9-12-5-7-13(17)8-6-12/h5-8,10,15,19H,3-4,9,11,18H2,1-2H3. The van der Waals surface area contributed by atoms with Gasteiger partial charge in [0.25, 0.3) is 0 Å². The number of aryl methyl sites for hydroxylation is 2. The van der Waals surface area contributed by atoms with E-state index in [1.807, 2.05) is 0 Å². The lowest BCUT2D eigenvalue weighted by Gasteiger charge is -2.16. The third kappa shape index (κ3) is 4.40. The van der Waals surface area contributed by atoms with Crippen LogP contribution in [0.5, 0.6) is 0 Å². The second kappa shape index (κ2) is 7.73. The molecule has 1 heterocycles. The molecule has 0 aliphatic carbocycles. The number of nitrogens with two attached hydrogens (primary N) is 1. The molecule has 4 nitrogen and oxygen atoms in total. The van der Waals surface area contributed by atoms with Gasteiger partial charge >= 0.3 is 0 Å². The lowest BCUT2D eigenvalue weighted by molar-refractivity contribution is 0.496. The Morgan fingerprint density at radius 1 is 1.24 bits per heavy atom. The number of nitrogens with zero attached hydrogens (tertiary/aromatic N) is 2. The fourth-order valence-electron chi connectivity index (χ4n) is 2.47. The highest BCUT2D eigenvalue weighted by atomic mass is 79.9. The summed E-state index contributed by atoms with van der Waals surface area (Å²) in [6, 6.07) is 10.8. The molecule has 0 saturated heterocycles. The van der Waals surface area contributed by atoms with Crippen molar-refractivity contribution in [3.63, 3.8) is 0 Å². The maximum absolute atomic E-state index is 5.74. The Bertz CT molecular complexity index is 562. The van der Waals surface area contributed by atoms with Crippen LogP contribution < -0.4 is 11.3 Å². The van der Waals surface area contributed by atoms with Crippen molar-refractivity contribution in [3.05, 3.63) is 51.8 Å². The zero-order valence-electron chi connectivity index (χ0n) is 12.6. The third-order valence-corrected chi connectivity index (χ3v) is 4.19. The van der Waals surface area contributed by atoms with Crippen LogP contribution in [0.2, 0.25) is 0 Å². The first-order valence-corrected chi connectivity index (χ1v) is 8.21. The van der Waals surface area contributed by atoms with Gasteiger partial charge in [0.2, 0.25) is 0 Å². The second-order valence-electron chi connectivity index (χ2n) is 5.19. The predicted molar refractivity (Wildman–Crippen MR) is 89.9 cm³/mol.